The summed E-state index contributed by atoms with van der Waals surface area (Å²) in [7, 11) is 0. The normalized spacial score (nSPS) is 22.5. The first kappa shape index (κ1) is 14.3. The van der Waals surface area contributed by atoms with Crippen molar-refractivity contribution in [2.45, 2.75) is 58.6 Å². The predicted octanol–water partition coefficient (Wildman–Crippen LogP) is 2.78. The number of Topliss-reactive ketones (excluding diaryl/α,β-unsaturated/α-hetero) is 1. The van der Waals surface area contributed by atoms with Gasteiger partial charge in [-0.25, -0.2) is 0 Å². The van der Waals surface area contributed by atoms with Gasteiger partial charge >= 0.3 is 0 Å². The monoisotopic (exact) mass is 264 g/mol. The Morgan fingerprint density at radius 3 is 2.84 bits per heavy atom. The minimum absolute atomic E-state index is 0.300. The molecule has 4 heteroatoms. The van der Waals surface area contributed by atoms with Crippen LogP contribution in [0, 0.1) is 5.92 Å². The summed E-state index contributed by atoms with van der Waals surface area (Å²) in [5.74, 6) is 0.824. The molecule has 0 N–H and O–H groups in total. The van der Waals surface area contributed by atoms with E-state index in [4.69, 9.17) is 4.74 Å². The third kappa shape index (κ3) is 3.90. The molecule has 1 heterocycles. The highest BCUT2D eigenvalue weighted by Crippen LogP contribution is 2.33. The Morgan fingerprint density at radius 2 is 2.26 bits per heavy atom. The lowest BCUT2D eigenvalue weighted by molar-refractivity contribution is -0.121. The molecule has 106 valence electrons. The molecule has 0 bridgehead atoms. The lowest BCUT2D eigenvalue weighted by Gasteiger charge is -2.34. The maximum absolute atomic E-state index is 12.0. The SMILES string of the molecule is CCOC1CC(CC(=O)Cc2ccn(C(C)C)n2)C1. The van der Waals surface area contributed by atoms with E-state index in [1.807, 2.05) is 23.9 Å². The van der Waals surface area contributed by atoms with Gasteiger partial charge in [0.25, 0.3) is 0 Å². The van der Waals surface area contributed by atoms with Crippen molar-refractivity contribution in [1.29, 1.82) is 0 Å². The molecule has 0 saturated heterocycles. The van der Waals surface area contributed by atoms with Crippen LogP contribution in [0.3, 0.4) is 0 Å². The molecular formula is C15H24N2O2. The summed E-state index contributed by atoms with van der Waals surface area (Å²) in [6.45, 7) is 6.96. The Hall–Kier alpha value is -1.16. The zero-order valence-corrected chi connectivity index (χ0v) is 12.1. The van der Waals surface area contributed by atoms with E-state index < -0.39 is 0 Å². The zero-order chi connectivity index (χ0) is 13.8. The van der Waals surface area contributed by atoms with Crippen molar-refractivity contribution in [2.24, 2.45) is 5.92 Å². The number of rotatable bonds is 7. The van der Waals surface area contributed by atoms with E-state index >= 15 is 0 Å². The first-order valence-corrected chi connectivity index (χ1v) is 7.25. The number of nitrogens with zero attached hydrogens (tertiary/aromatic N) is 2. The van der Waals surface area contributed by atoms with Crippen molar-refractivity contribution < 1.29 is 9.53 Å². The quantitative estimate of drug-likeness (QED) is 0.760. The van der Waals surface area contributed by atoms with Gasteiger partial charge in [-0.05, 0) is 45.6 Å². The second-order valence-corrected chi connectivity index (χ2v) is 5.72. The van der Waals surface area contributed by atoms with Crippen LogP contribution in [-0.2, 0) is 16.0 Å². The van der Waals surface area contributed by atoms with E-state index in [2.05, 4.69) is 18.9 Å². The molecule has 4 nitrogen and oxygen atoms in total. The average molecular weight is 264 g/mol. The topological polar surface area (TPSA) is 44.1 Å². The van der Waals surface area contributed by atoms with Gasteiger partial charge in [0.2, 0.25) is 0 Å². The lowest BCUT2D eigenvalue weighted by atomic mass is 9.78. The van der Waals surface area contributed by atoms with Crippen LogP contribution in [0.25, 0.3) is 0 Å². The summed E-state index contributed by atoms with van der Waals surface area (Å²) in [6, 6.07) is 2.30. The lowest BCUT2D eigenvalue weighted by Crippen LogP contribution is -2.33. The van der Waals surface area contributed by atoms with E-state index in [1.54, 1.807) is 0 Å². The fourth-order valence-corrected chi connectivity index (χ4v) is 2.57. The molecule has 0 spiro atoms. The van der Waals surface area contributed by atoms with Crippen LogP contribution in [0.5, 0.6) is 0 Å². The minimum atomic E-state index is 0.300. The van der Waals surface area contributed by atoms with Crippen molar-refractivity contribution in [3.8, 4) is 0 Å². The van der Waals surface area contributed by atoms with E-state index in [0.717, 1.165) is 25.1 Å². The predicted molar refractivity (Wildman–Crippen MR) is 74.1 cm³/mol. The van der Waals surface area contributed by atoms with Gasteiger partial charge in [-0.2, -0.15) is 5.10 Å². The largest absolute Gasteiger partial charge is 0.378 e. The first-order valence-electron chi connectivity index (χ1n) is 7.25. The minimum Gasteiger partial charge on any atom is -0.378 e. The van der Waals surface area contributed by atoms with Crippen LogP contribution in [0.15, 0.2) is 12.3 Å². The van der Waals surface area contributed by atoms with Gasteiger partial charge in [-0.15, -0.1) is 0 Å². The molecule has 1 aliphatic rings. The van der Waals surface area contributed by atoms with Crippen LogP contribution in [-0.4, -0.2) is 28.3 Å². The van der Waals surface area contributed by atoms with E-state index in [-0.39, 0.29) is 0 Å². The molecule has 1 aromatic heterocycles. The zero-order valence-electron chi connectivity index (χ0n) is 12.1. The van der Waals surface area contributed by atoms with E-state index in [0.29, 0.717) is 36.7 Å². The van der Waals surface area contributed by atoms with E-state index in [9.17, 15) is 4.79 Å². The fraction of sp³-hybridized carbons (Fsp3) is 0.733. The van der Waals surface area contributed by atoms with Gasteiger partial charge in [-0.1, -0.05) is 0 Å². The highest BCUT2D eigenvalue weighted by Gasteiger charge is 2.30. The summed E-state index contributed by atoms with van der Waals surface area (Å²) < 4.78 is 7.41. The van der Waals surface area contributed by atoms with Gasteiger partial charge in [0.1, 0.15) is 5.78 Å². The molecule has 1 aromatic rings. The molecule has 19 heavy (non-hydrogen) atoms. The van der Waals surface area contributed by atoms with Crippen LogP contribution >= 0.6 is 0 Å². The summed E-state index contributed by atoms with van der Waals surface area (Å²) >= 11 is 0. The molecule has 0 aromatic carbocycles. The number of carbonyl (C=O) groups is 1. The number of carbonyl (C=O) groups excluding carboxylic acids is 1. The Balaban J connectivity index is 1.72. The number of ether oxygens (including phenoxy) is 1. The maximum atomic E-state index is 12.0. The molecule has 0 amide bonds. The van der Waals surface area contributed by atoms with Gasteiger partial charge in [0.15, 0.2) is 0 Å². The van der Waals surface area contributed by atoms with E-state index in [1.165, 1.54) is 0 Å². The summed E-state index contributed by atoms with van der Waals surface area (Å²) in [5.41, 5.74) is 0.888. The Kier molecular flexibility index (Phi) is 4.75. The standard InChI is InChI=1S/C15H24N2O2/c1-4-19-15-8-12(9-15)7-14(18)10-13-5-6-17(16-13)11(2)3/h5-6,11-12,15H,4,7-10H2,1-3H3. The smallest absolute Gasteiger partial charge is 0.139 e. The highest BCUT2D eigenvalue weighted by molar-refractivity contribution is 5.80. The summed E-state index contributed by atoms with van der Waals surface area (Å²) in [5, 5.41) is 4.42. The van der Waals surface area contributed by atoms with Crippen molar-refractivity contribution >= 4 is 5.78 Å². The number of ketones is 1. The van der Waals surface area contributed by atoms with Crippen molar-refractivity contribution in [3.05, 3.63) is 18.0 Å². The molecule has 1 saturated carbocycles. The van der Waals surface area contributed by atoms with Crippen LogP contribution in [0.4, 0.5) is 0 Å². The van der Waals surface area contributed by atoms with Crippen molar-refractivity contribution in [3.63, 3.8) is 0 Å². The fourth-order valence-electron chi connectivity index (χ4n) is 2.57. The summed E-state index contributed by atoms with van der Waals surface area (Å²) in [4.78, 5) is 12.0. The molecular weight excluding hydrogens is 240 g/mol. The Labute approximate surface area is 115 Å². The molecule has 1 fully saturated rings. The molecule has 0 aliphatic heterocycles. The van der Waals surface area contributed by atoms with Crippen LogP contribution in [0.2, 0.25) is 0 Å². The molecule has 2 rings (SSSR count). The molecule has 1 aliphatic carbocycles. The number of hydrogen-bond acceptors (Lipinski definition) is 3. The van der Waals surface area contributed by atoms with Crippen molar-refractivity contribution in [2.75, 3.05) is 6.61 Å². The number of hydrogen-bond donors (Lipinski definition) is 0. The molecule has 0 atom stereocenters. The maximum Gasteiger partial charge on any atom is 0.139 e. The van der Waals surface area contributed by atoms with Gasteiger partial charge < -0.3 is 4.74 Å². The van der Waals surface area contributed by atoms with Gasteiger partial charge in [0.05, 0.1) is 18.2 Å². The highest BCUT2D eigenvalue weighted by atomic mass is 16.5. The van der Waals surface area contributed by atoms with Crippen LogP contribution in [0.1, 0.15) is 51.8 Å². The third-order valence-electron chi connectivity index (χ3n) is 3.68. The summed E-state index contributed by atoms with van der Waals surface area (Å²) in [6.07, 6.45) is 5.57. The second-order valence-electron chi connectivity index (χ2n) is 5.72. The van der Waals surface area contributed by atoms with Gasteiger partial charge in [0, 0.05) is 25.3 Å². The second kappa shape index (κ2) is 6.33. The Morgan fingerprint density at radius 1 is 1.53 bits per heavy atom. The molecule has 0 radical (unpaired) electrons. The van der Waals surface area contributed by atoms with Gasteiger partial charge in [-0.3, -0.25) is 9.48 Å². The molecule has 0 unspecified atom stereocenters. The third-order valence-corrected chi connectivity index (χ3v) is 3.68. The average Bonchev–Trinajstić information content (AvgIpc) is 2.75. The number of aromatic nitrogens is 2. The van der Waals surface area contributed by atoms with Crippen molar-refractivity contribution in [1.82, 2.24) is 9.78 Å². The first-order chi connectivity index (χ1) is 9.08. The van der Waals surface area contributed by atoms with Crippen LogP contribution < -0.4 is 0 Å². The Bertz CT molecular complexity index is 420.